The van der Waals surface area contributed by atoms with Crippen molar-refractivity contribution >= 4 is 11.9 Å². The van der Waals surface area contributed by atoms with Crippen LogP contribution in [0.25, 0.3) is 0 Å². The second kappa shape index (κ2) is 5.04. The topological polar surface area (TPSA) is 66.8 Å². The normalized spacial score (nSPS) is 33.7. The van der Waals surface area contributed by atoms with E-state index >= 15 is 0 Å². The van der Waals surface area contributed by atoms with E-state index in [1.165, 1.54) is 0 Å². The lowest BCUT2D eigenvalue weighted by Gasteiger charge is -2.32. The van der Waals surface area contributed by atoms with E-state index in [0.717, 1.165) is 19.3 Å². The number of aliphatic carboxylic acids is 1. The Morgan fingerprint density at radius 2 is 2.06 bits per heavy atom. The van der Waals surface area contributed by atoms with Gasteiger partial charge in [-0.25, -0.2) is 0 Å². The average Bonchev–Trinajstić information content (AvgIpc) is 2.75. The summed E-state index contributed by atoms with van der Waals surface area (Å²) in [5.74, 6) is -1.24. The van der Waals surface area contributed by atoms with Crippen LogP contribution in [0.4, 0.5) is 0 Å². The number of carbonyl (C=O) groups excluding carboxylic acids is 1. The Labute approximate surface area is 101 Å². The largest absolute Gasteiger partial charge is 0.481 e. The number of rotatable bonds is 2. The molecule has 2 fully saturated rings. The lowest BCUT2D eigenvalue weighted by molar-refractivity contribution is -0.149. The molecule has 1 amide bonds. The first kappa shape index (κ1) is 12.4. The Morgan fingerprint density at radius 1 is 1.29 bits per heavy atom. The molecule has 96 valence electrons. The first-order valence-electron chi connectivity index (χ1n) is 6.25. The number of ether oxygens (including phenoxy) is 1. The predicted molar refractivity (Wildman–Crippen MR) is 60.5 cm³/mol. The first-order chi connectivity index (χ1) is 8.08. The quantitative estimate of drug-likeness (QED) is 0.779. The van der Waals surface area contributed by atoms with Gasteiger partial charge in [0.1, 0.15) is 6.10 Å². The summed E-state index contributed by atoms with van der Waals surface area (Å²) in [4.78, 5) is 24.7. The zero-order chi connectivity index (χ0) is 12.4. The fraction of sp³-hybridized carbons (Fsp3) is 0.833. The lowest BCUT2D eigenvalue weighted by atomic mass is 9.97. The van der Waals surface area contributed by atoms with Gasteiger partial charge in [0.15, 0.2) is 0 Å². The number of piperidine rings is 1. The molecule has 5 nitrogen and oxygen atoms in total. The van der Waals surface area contributed by atoms with Crippen LogP contribution >= 0.6 is 0 Å². The van der Waals surface area contributed by atoms with Crippen molar-refractivity contribution in [2.75, 3.05) is 13.1 Å². The monoisotopic (exact) mass is 241 g/mol. The summed E-state index contributed by atoms with van der Waals surface area (Å²) in [7, 11) is 0. The van der Waals surface area contributed by atoms with Crippen LogP contribution in [0.2, 0.25) is 0 Å². The smallest absolute Gasteiger partial charge is 0.308 e. The van der Waals surface area contributed by atoms with Crippen LogP contribution in [0.3, 0.4) is 0 Å². The zero-order valence-corrected chi connectivity index (χ0v) is 10.1. The van der Waals surface area contributed by atoms with Gasteiger partial charge in [-0.2, -0.15) is 0 Å². The third-order valence-electron chi connectivity index (χ3n) is 3.59. The number of hydrogen-bond donors (Lipinski definition) is 1. The second-order valence-corrected chi connectivity index (χ2v) is 4.97. The highest BCUT2D eigenvalue weighted by Gasteiger charge is 2.35. The Balaban J connectivity index is 1.93. The highest BCUT2D eigenvalue weighted by atomic mass is 16.5. The van der Waals surface area contributed by atoms with Crippen molar-refractivity contribution in [3.8, 4) is 0 Å². The minimum Gasteiger partial charge on any atom is -0.481 e. The Bertz CT molecular complexity index is 318. The molecule has 2 rings (SSSR count). The van der Waals surface area contributed by atoms with Crippen LogP contribution in [0, 0.1) is 5.92 Å². The van der Waals surface area contributed by atoms with Crippen molar-refractivity contribution in [2.24, 2.45) is 5.92 Å². The molecule has 0 unspecified atom stereocenters. The highest BCUT2D eigenvalue weighted by Crippen LogP contribution is 2.24. The van der Waals surface area contributed by atoms with Crippen molar-refractivity contribution in [3.05, 3.63) is 0 Å². The number of likely N-dealkylation sites (tertiary alicyclic amines) is 1. The summed E-state index contributed by atoms with van der Waals surface area (Å²) >= 11 is 0. The Hall–Kier alpha value is -1.10. The molecule has 0 aromatic rings. The minimum atomic E-state index is -0.803. The third-order valence-corrected chi connectivity index (χ3v) is 3.59. The predicted octanol–water partition coefficient (Wildman–Crippen LogP) is 0.877. The van der Waals surface area contributed by atoms with Crippen LogP contribution in [-0.4, -0.2) is 47.2 Å². The number of carbonyl (C=O) groups is 2. The number of amides is 1. The molecular weight excluding hydrogens is 222 g/mol. The van der Waals surface area contributed by atoms with Crippen molar-refractivity contribution in [2.45, 2.75) is 44.8 Å². The van der Waals surface area contributed by atoms with Gasteiger partial charge in [0, 0.05) is 13.1 Å². The third kappa shape index (κ3) is 2.77. The molecular formula is C12H19NO4. The average molecular weight is 241 g/mol. The van der Waals surface area contributed by atoms with E-state index in [-0.39, 0.29) is 18.1 Å². The number of carboxylic acid groups (broad SMARTS) is 1. The fourth-order valence-corrected chi connectivity index (χ4v) is 2.57. The van der Waals surface area contributed by atoms with E-state index in [9.17, 15) is 9.59 Å². The number of nitrogens with zero attached hydrogens (tertiary/aromatic N) is 1. The van der Waals surface area contributed by atoms with Crippen LogP contribution in [0.1, 0.15) is 32.6 Å². The molecule has 2 saturated heterocycles. The molecule has 0 aliphatic carbocycles. The summed E-state index contributed by atoms with van der Waals surface area (Å²) in [5.41, 5.74) is 0. The molecule has 1 N–H and O–H groups in total. The molecule has 0 spiro atoms. The van der Waals surface area contributed by atoms with Crippen LogP contribution in [0.15, 0.2) is 0 Å². The molecule has 17 heavy (non-hydrogen) atoms. The summed E-state index contributed by atoms with van der Waals surface area (Å²) in [6.07, 6.45) is 2.90. The van der Waals surface area contributed by atoms with Gasteiger partial charge in [-0.05, 0) is 32.6 Å². The van der Waals surface area contributed by atoms with Gasteiger partial charge in [0.05, 0.1) is 12.0 Å². The van der Waals surface area contributed by atoms with Crippen LogP contribution in [0.5, 0.6) is 0 Å². The van der Waals surface area contributed by atoms with Crippen molar-refractivity contribution in [1.29, 1.82) is 0 Å². The van der Waals surface area contributed by atoms with E-state index in [1.54, 1.807) is 4.90 Å². The van der Waals surface area contributed by atoms with Gasteiger partial charge in [0.25, 0.3) is 5.91 Å². The summed E-state index contributed by atoms with van der Waals surface area (Å²) in [6, 6.07) is 0. The van der Waals surface area contributed by atoms with Crippen LogP contribution < -0.4 is 0 Å². The number of carboxylic acids is 1. The first-order valence-corrected chi connectivity index (χ1v) is 6.25. The van der Waals surface area contributed by atoms with E-state index in [1.807, 2.05) is 6.92 Å². The van der Waals surface area contributed by atoms with E-state index in [2.05, 4.69) is 0 Å². The molecule has 2 aliphatic heterocycles. The maximum Gasteiger partial charge on any atom is 0.308 e. The molecule has 2 aliphatic rings. The SMILES string of the molecule is C[C@@H]1CC[C@H](C(=O)N2CCC[C@@H](C(=O)O)C2)O1. The molecule has 0 aromatic carbocycles. The van der Waals surface area contributed by atoms with E-state index in [4.69, 9.17) is 9.84 Å². The van der Waals surface area contributed by atoms with E-state index in [0.29, 0.717) is 19.5 Å². The lowest BCUT2D eigenvalue weighted by Crippen LogP contribution is -2.46. The van der Waals surface area contributed by atoms with Gasteiger partial charge < -0.3 is 14.7 Å². The summed E-state index contributed by atoms with van der Waals surface area (Å²) in [5, 5.41) is 8.98. The summed E-state index contributed by atoms with van der Waals surface area (Å²) in [6.45, 7) is 2.96. The Kier molecular flexibility index (Phi) is 3.66. The maximum atomic E-state index is 12.1. The van der Waals surface area contributed by atoms with Crippen molar-refractivity contribution in [1.82, 2.24) is 4.90 Å². The van der Waals surface area contributed by atoms with Crippen molar-refractivity contribution < 1.29 is 19.4 Å². The fourth-order valence-electron chi connectivity index (χ4n) is 2.57. The molecule has 5 heteroatoms. The van der Waals surface area contributed by atoms with Gasteiger partial charge in [-0.15, -0.1) is 0 Å². The zero-order valence-electron chi connectivity index (χ0n) is 10.1. The van der Waals surface area contributed by atoms with Gasteiger partial charge in [0.2, 0.25) is 0 Å². The molecule has 0 bridgehead atoms. The standard InChI is InChI=1S/C12H19NO4/c1-8-4-5-10(17-8)11(14)13-6-2-3-9(7-13)12(15)16/h8-10H,2-7H2,1H3,(H,15,16)/t8-,9-,10-/m1/s1. The molecule has 3 atom stereocenters. The summed E-state index contributed by atoms with van der Waals surface area (Å²) < 4.78 is 5.53. The molecule has 0 radical (unpaired) electrons. The maximum absolute atomic E-state index is 12.1. The van der Waals surface area contributed by atoms with E-state index < -0.39 is 11.9 Å². The molecule has 2 heterocycles. The van der Waals surface area contributed by atoms with Crippen molar-refractivity contribution in [3.63, 3.8) is 0 Å². The number of hydrogen-bond acceptors (Lipinski definition) is 3. The van der Waals surface area contributed by atoms with Gasteiger partial charge in [-0.1, -0.05) is 0 Å². The Morgan fingerprint density at radius 3 is 2.65 bits per heavy atom. The second-order valence-electron chi connectivity index (χ2n) is 4.97. The van der Waals surface area contributed by atoms with Gasteiger partial charge >= 0.3 is 5.97 Å². The van der Waals surface area contributed by atoms with Crippen LogP contribution in [-0.2, 0) is 14.3 Å². The minimum absolute atomic E-state index is 0.0275. The molecule has 0 saturated carbocycles. The highest BCUT2D eigenvalue weighted by molar-refractivity contribution is 5.82. The van der Waals surface area contributed by atoms with Gasteiger partial charge in [-0.3, -0.25) is 9.59 Å². The molecule has 0 aromatic heterocycles.